The summed E-state index contributed by atoms with van der Waals surface area (Å²) in [5.74, 6) is 0.958. The number of ether oxygens (including phenoxy) is 2. The minimum atomic E-state index is -3.11. The third-order valence-corrected chi connectivity index (χ3v) is 7.19. The summed E-state index contributed by atoms with van der Waals surface area (Å²) in [7, 11) is -0.00890. The van der Waals surface area contributed by atoms with E-state index in [4.69, 9.17) is 9.47 Å². The smallest absolute Gasteiger partial charge is 0.252 e. The molecule has 0 atom stereocenters. The number of rotatable bonds is 10. The van der Waals surface area contributed by atoms with Crippen molar-refractivity contribution in [2.75, 3.05) is 60.2 Å². The number of carbonyl (C=O) groups is 1. The summed E-state index contributed by atoms with van der Waals surface area (Å²) in [6.45, 7) is 4.93. The first-order chi connectivity index (χ1) is 13.9. The molecule has 162 valence electrons. The van der Waals surface area contributed by atoms with Gasteiger partial charge in [0.2, 0.25) is 10.0 Å². The first-order valence-corrected chi connectivity index (χ1v) is 11.4. The molecule has 1 aliphatic heterocycles. The van der Waals surface area contributed by atoms with Crippen LogP contribution in [0.2, 0.25) is 0 Å². The highest BCUT2D eigenvalue weighted by Gasteiger charge is 2.35. The fraction of sp³-hybridized carbons (Fsp3) is 0.632. The molecule has 9 nitrogen and oxygen atoms in total. The van der Waals surface area contributed by atoms with Gasteiger partial charge >= 0.3 is 0 Å². The average Bonchev–Trinajstić information content (AvgIpc) is 3.58. The Kier molecular flexibility index (Phi) is 7.33. The van der Waals surface area contributed by atoms with Gasteiger partial charge in [-0.3, -0.25) is 14.6 Å². The van der Waals surface area contributed by atoms with Gasteiger partial charge in [-0.05, 0) is 25.0 Å². The van der Waals surface area contributed by atoms with Crippen molar-refractivity contribution >= 4 is 15.9 Å². The van der Waals surface area contributed by atoms with Crippen molar-refractivity contribution in [3.8, 4) is 11.5 Å². The Morgan fingerprint density at radius 2 is 1.62 bits per heavy atom. The third kappa shape index (κ3) is 6.30. The highest BCUT2D eigenvalue weighted by molar-refractivity contribution is 7.90. The van der Waals surface area contributed by atoms with Crippen LogP contribution in [-0.2, 0) is 10.0 Å². The summed E-state index contributed by atoms with van der Waals surface area (Å²) in [5.41, 5.74) is 0.489. The number of hydrogen-bond donors (Lipinski definition) is 2. The lowest BCUT2D eigenvalue weighted by atomic mass is 10.2. The molecule has 10 heteroatoms. The molecule has 1 saturated carbocycles. The first kappa shape index (κ1) is 21.8. The molecule has 2 aliphatic rings. The van der Waals surface area contributed by atoms with Crippen molar-refractivity contribution in [1.29, 1.82) is 0 Å². The van der Waals surface area contributed by atoms with E-state index < -0.39 is 10.0 Å². The first-order valence-electron chi connectivity index (χ1n) is 9.86. The van der Waals surface area contributed by atoms with E-state index in [0.717, 1.165) is 39.0 Å². The Balaban J connectivity index is 1.38. The number of amides is 1. The number of benzene rings is 1. The van der Waals surface area contributed by atoms with Crippen LogP contribution in [0, 0.1) is 0 Å². The molecule has 29 heavy (non-hydrogen) atoms. The summed E-state index contributed by atoms with van der Waals surface area (Å²) in [6, 6.07) is 5.08. The molecular weight excluding hydrogens is 396 g/mol. The fourth-order valence-corrected chi connectivity index (χ4v) is 4.61. The zero-order valence-corrected chi connectivity index (χ0v) is 17.8. The number of nitrogens with zero attached hydrogens (tertiary/aromatic N) is 2. The topological polar surface area (TPSA) is 100 Å². The van der Waals surface area contributed by atoms with E-state index >= 15 is 0 Å². The fourth-order valence-electron chi connectivity index (χ4n) is 3.24. The lowest BCUT2D eigenvalue weighted by molar-refractivity contribution is 0.0873. The summed E-state index contributed by atoms with van der Waals surface area (Å²) in [4.78, 5) is 16.9. The van der Waals surface area contributed by atoms with E-state index in [1.54, 1.807) is 32.4 Å². The lowest BCUT2D eigenvalue weighted by Crippen LogP contribution is -2.51. The highest BCUT2D eigenvalue weighted by atomic mass is 32.2. The van der Waals surface area contributed by atoms with Gasteiger partial charge in [0.25, 0.3) is 5.91 Å². The average molecular weight is 427 g/mol. The molecule has 1 aromatic rings. The van der Waals surface area contributed by atoms with Crippen LogP contribution in [0.3, 0.4) is 0 Å². The van der Waals surface area contributed by atoms with Crippen LogP contribution in [0.5, 0.6) is 11.5 Å². The quantitative estimate of drug-likeness (QED) is 0.547. The van der Waals surface area contributed by atoms with Crippen LogP contribution in [0.25, 0.3) is 0 Å². The maximum atomic E-state index is 12.5. The summed E-state index contributed by atoms with van der Waals surface area (Å²) < 4.78 is 36.8. The molecule has 1 aromatic carbocycles. The second-order valence-electron chi connectivity index (χ2n) is 7.36. The van der Waals surface area contributed by atoms with E-state index in [-0.39, 0.29) is 11.2 Å². The summed E-state index contributed by atoms with van der Waals surface area (Å²) >= 11 is 0. The molecule has 0 aromatic heterocycles. The Hall–Kier alpha value is -1.88. The molecular formula is C19H30N4O5S. The van der Waals surface area contributed by atoms with Gasteiger partial charge in [0, 0.05) is 50.9 Å². The largest absolute Gasteiger partial charge is 0.497 e. The maximum Gasteiger partial charge on any atom is 0.252 e. The summed E-state index contributed by atoms with van der Waals surface area (Å²) in [5, 5.41) is 2.76. The van der Waals surface area contributed by atoms with Gasteiger partial charge in [0.15, 0.2) is 0 Å². The monoisotopic (exact) mass is 426 g/mol. The van der Waals surface area contributed by atoms with Gasteiger partial charge in [-0.15, -0.1) is 0 Å². The van der Waals surface area contributed by atoms with Crippen molar-refractivity contribution in [1.82, 2.24) is 19.8 Å². The van der Waals surface area contributed by atoms with Gasteiger partial charge in [-0.1, -0.05) is 0 Å². The van der Waals surface area contributed by atoms with E-state index in [1.807, 2.05) is 0 Å². The Labute approximate surface area is 172 Å². The molecule has 0 spiro atoms. The third-order valence-electron chi connectivity index (χ3n) is 5.24. The predicted octanol–water partition coefficient (Wildman–Crippen LogP) is 0.0905. The Bertz CT molecular complexity index is 783. The second-order valence-corrected chi connectivity index (χ2v) is 9.41. The van der Waals surface area contributed by atoms with E-state index in [2.05, 4.69) is 19.8 Å². The van der Waals surface area contributed by atoms with Crippen LogP contribution >= 0.6 is 0 Å². The van der Waals surface area contributed by atoms with Crippen molar-refractivity contribution in [3.63, 3.8) is 0 Å². The number of methoxy groups -OCH3 is 2. The van der Waals surface area contributed by atoms with Crippen LogP contribution in [0.4, 0.5) is 0 Å². The van der Waals surface area contributed by atoms with E-state index in [1.165, 1.54) is 0 Å². The summed E-state index contributed by atoms with van der Waals surface area (Å²) in [6.07, 6.45) is 1.56. The van der Waals surface area contributed by atoms with Crippen LogP contribution in [0.1, 0.15) is 23.2 Å². The molecule has 3 rings (SSSR count). The highest BCUT2D eigenvalue weighted by Crippen LogP contribution is 2.27. The van der Waals surface area contributed by atoms with Gasteiger partial charge in [0.05, 0.1) is 26.1 Å². The molecule has 0 unspecified atom stereocenters. The normalized spacial score (nSPS) is 18.4. The minimum absolute atomic E-state index is 0.174. The number of hydrogen-bond acceptors (Lipinski definition) is 7. The van der Waals surface area contributed by atoms with Crippen molar-refractivity contribution < 1.29 is 22.7 Å². The molecule has 0 bridgehead atoms. The van der Waals surface area contributed by atoms with Crippen LogP contribution in [-0.4, -0.2) is 89.5 Å². The number of carbonyl (C=O) groups excluding carboxylic acids is 1. The second kappa shape index (κ2) is 9.75. The molecule has 2 fully saturated rings. The maximum absolute atomic E-state index is 12.5. The van der Waals surface area contributed by atoms with Crippen LogP contribution in [0.15, 0.2) is 18.2 Å². The molecule has 0 radical (unpaired) electrons. The molecule has 2 N–H and O–H groups in total. The minimum Gasteiger partial charge on any atom is -0.497 e. The van der Waals surface area contributed by atoms with E-state index in [0.29, 0.717) is 36.8 Å². The Morgan fingerprint density at radius 1 is 1.03 bits per heavy atom. The van der Waals surface area contributed by atoms with Gasteiger partial charge in [-0.25, -0.2) is 13.1 Å². The van der Waals surface area contributed by atoms with Gasteiger partial charge in [-0.2, -0.15) is 0 Å². The van der Waals surface area contributed by atoms with E-state index in [9.17, 15) is 13.2 Å². The molecule has 1 heterocycles. The van der Waals surface area contributed by atoms with Gasteiger partial charge < -0.3 is 14.8 Å². The number of nitrogens with one attached hydrogen (secondary N) is 2. The number of piperazine rings is 1. The van der Waals surface area contributed by atoms with Crippen molar-refractivity contribution in [2.24, 2.45) is 0 Å². The standard InChI is InChI=1S/C19H30N4O5S/c1-27-16-11-15(12-17(13-16)28-2)19(24)20-14-23-9-7-22(8-10-23)6-5-21-29(25,26)18-3-4-18/h11-13,18,21H,3-10,14H2,1-2H3,(H,20,24). The molecule has 1 aliphatic carbocycles. The van der Waals surface area contributed by atoms with Gasteiger partial charge in [0.1, 0.15) is 11.5 Å². The zero-order chi connectivity index (χ0) is 20.9. The van der Waals surface area contributed by atoms with Crippen molar-refractivity contribution in [3.05, 3.63) is 23.8 Å². The van der Waals surface area contributed by atoms with Crippen LogP contribution < -0.4 is 19.5 Å². The van der Waals surface area contributed by atoms with Crippen molar-refractivity contribution in [2.45, 2.75) is 18.1 Å². The number of sulfonamides is 1. The lowest BCUT2D eigenvalue weighted by Gasteiger charge is -2.34. The predicted molar refractivity (Wildman–Crippen MR) is 110 cm³/mol. The SMILES string of the molecule is COc1cc(OC)cc(C(=O)NCN2CCN(CCNS(=O)(=O)C3CC3)CC2)c1. The Morgan fingerprint density at radius 3 is 2.17 bits per heavy atom. The molecule has 1 amide bonds. The zero-order valence-electron chi connectivity index (χ0n) is 17.0. The molecule has 1 saturated heterocycles.